The first-order valence-electron chi connectivity index (χ1n) is 3.79. The number of aliphatic carboxylic acids is 1. The molecule has 0 unspecified atom stereocenters. The highest BCUT2D eigenvalue weighted by atomic mass is 16.4. The zero-order chi connectivity index (χ0) is 8.48. The molecule has 0 amide bonds. The molecule has 0 spiro atoms. The molecule has 0 aliphatic carbocycles. The average molecular weight is 158 g/mol. The highest BCUT2D eigenvalue weighted by Crippen LogP contribution is 2.11. The first-order valence-corrected chi connectivity index (χ1v) is 3.79. The molecule has 0 saturated carbocycles. The lowest BCUT2D eigenvalue weighted by Gasteiger charge is -2.40. The summed E-state index contributed by atoms with van der Waals surface area (Å²) in [6, 6.07) is 0.216. The van der Waals surface area contributed by atoms with E-state index in [1.807, 2.05) is 13.8 Å². The van der Waals surface area contributed by atoms with Crippen LogP contribution in [0.25, 0.3) is 0 Å². The largest absolute Gasteiger partial charge is 0.480 e. The molecule has 0 aromatic rings. The minimum Gasteiger partial charge on any atom is -0.480 e. The highest BCUT2D eigenvalue weighted by Gasteiger charge is 2.44. The summed E-state index contributed by atoms with van der Waals surface area (Å²) in [6.45, 7) is 4.95. The maximum atomic E-state index is 10.7. The Morgan fingerprint density at radius 1 is 1.64 bits per heavy atom. The van der Waals surface area contributed by atoms with Crippen molar-refractivity contribution in [1.29, 1.82) is 0 Å². The molecule has 0 bridgehead atoms. The van der Waals surface area contributed by atoms with Crippen LogP contribution < -0.4 is 10.6 Å². The van der Waals surface area contributed by atoms with Crippen molar-refractivity contribution in [2.24, 2.45) is 0 Å². The molecule has 4 nitrogen and oxygen atoms in total. The smallest absolute Gasteiger partial charge is 0.326 e. The summed E-state index contributed by atoms with van der Waals surface area (Å²) in [5.41, 5.74) is -0.700. The van der Waals surface area contributed by atoms with Crippen molar-refractivity contribution < 1.29 is 9.90 Å². The second kappa shape index (κ2) is 2.79. The van der Waals surface area contributed by atoms with E-state index in [-0.39, 0.29) is 6.04 Å². The van der Waals surface area contributed by atoms with E-state index in [0.29, 0.717) is 13.1 Å². The van der Waals surface area contributed by atoms with Gasteiger partial charge in [-0.1, -0.05) is 0 Å². The Morgan fingerprint density at radius 2 is 2.18 bits per heavy atom. The van der Waals surface area contributed by atoms with Gasteiger partial charge in [0.05, 0.1) is 0 Å². The van der Waals surface area contributed by atoms with Gasteiger partial charge in [-0.05, 0) is 13.8 Å². The molecule has 1 saturated heterocycles. The van der Waals surface area contributed by atoms with Crippen LogP contribution in [-0.4, -0.2) is 35.7 Å². The molecule has 0 atom stereocenters. The van der Waals surface area contributed by atoms with Crippen LogP contribution in [0.5, 0.6) is 0 Å². The number of nitrogens with one attached hydrogen (secondary N) is 2. The third-order valence-electron chi connectivity index (χ3n) is 1.83. The normalized spacial score (nSPS) is 21.4. The zero-order valence-corrected chi connectivity index (χ0v) is 6.85. The zero-order valence-electron chi connectivity index (χ0n) is 6.85. The Bertz CT molecular complexity index is 164. The van der Waals surface area contributed by atoms with E-state index < -0.39 is 11.5 Å². The van der Waals surface area contributed by atoms with E-state index in [9.17, 15) is 4.79 Å². The highest BCUT2D eigenvalue weighted by molar-refractivity contribution is 5.81. The van der Waals surface area contributed by atoms with Gasteiger partial charge in [-0.3, -0.25) is 10.1 Å². The number of carboxylic acids is 1. The number of hydrogen-bond acceptors (Lipinski definition) is 3. The maximum Gasteiger partial charge on any atom is 0.326 e. The second-order valence-electron chi connectivity index (χ2n) is 3.29. The van der Waals surface area contributed by atoms with Gasteiger partial charge in [0.2, 0.25) is 0 Å². The van der Waals surface area contributed by atoms with E-state index in [1.54, 1.807) is 0 Å². The lowest BCUT2D eigenvalue weighted by molar-refractivity contribution is -0.147. The first-order chi connectivity index (χ1) is 5.07. The van der Waals surface area contributed by atoms with Gasteiger partial charge in [-0.25, -0.2) is 0 Å². The summed E-state index contributed by atoms with van der Waals surface area (Å²) in [5, 5.41) is 14.8. The molecular formula is C7H14N2O2. The van der Waals surface area contributed by atoms with Gasteiger partial charge in [-0.2, -0.15) is 0 Å². The predicted octanol–water partition coefficient (Wildman–Crippen LogP) is -0.589. The molecule has 1 aliphatic rings. The van der Waals surface area contributed by atoms with Crippen LogP contribution in [0, 0.1) is 0 Å². The molecule has 0 radical (unpaired) electrons. The van der Waals surface area contributed by atoms with Crippen molar-refractivity contribution in [2.75, 3.05) is 13.1 Å². The molecule has 0 aromatic carbocycles. The quantitative estimate of drug-likeness (QED) is 0.514. The number of carbonyl (C=O) groups is 1. The molecule has 1 heterocycles. The van der Waals surface area contributed by atoms with Crippen LogP contribution in [0.4, 0.5) is 0 Å². The molecule has 1 fully saturated rings. The minimum atomic E-state index is -0.759. The van der Waals surface area contributed by atoms with E-state index in [0.717, 1.165) is 0 Å². The lowest BCUT2D eigenvalue weighted by atomic mass is 9.92. The number of rotatable bonds is 3. The summed E-state index contributed by atoms with van der Waals surface area (Å²) in [4.78, 5) is 10.7. The lowest BCUT2D eigenvalue weighted by Crippen LogP contribution is -2.73. The first kappa shape index (κ1) is 8.49. The van der Waals surface area contributed by atoms with E-state index >= 15 is 0 Å². The van der Waals surface area contributed by atoms with Gasteiger partial charge in [0, 0.05) is 19.1 Å². The summed E-state index contributed by atoms with van der Waals surface area (Å²) in [5.74, 6) is -0.759. The topological polar surface area (TPSA) is 61.4 Å². The molecule has 11 heavy (non-hydrogen) atoms. The monoisotopic (exact) mass is 158 g/mol. The molecule has 1 rings (SSSR count). The average Bonchev–Trinajstić information content (AvgIpc) is 1.77. The number of carboxylic acid groups (broad SMARTS) is 1. The Morgan fingerprint density at radius 3 is 2.27 bits per heavy atom. The van der Waals surface area contributed by atoms with Crippen LogP contribution in [0.2, 0.25) is 0 Å². The summed E-state index contributed by atoms with van der Waals surface area (Å²) < 4.78 is 0. The van der Waals surface area contributed by atoms with Gasteiger partial charge in [0.1, 0.15) is 5.54 Å². The Hall–Kier alpha value is -0.610. The molecule has 0 aromatic heterocycles. The van der Waals surface area contributed by atoms with Crippen LogP contribution >= 0.6 is 0 Å². The van der Waals surface area contributed by atoms with Gasteiger partial charge < -0.3 is 10.4 Å². The fraction of sp³-hybridized carbons (Fsp3) is 0.857. The third-order valence-corrected chi connectivity index (χ3v) is 1.83. The molecule has 3 N–H and O–H groups in total. The standard InChI is InChI=1S/C7H14N2O2/c1-5(2)9-7(6(10)11)3-8-4-7/h5,8-9H,3-4H2,1-2H3,(H,10,11). The summed E-state index contributed by atoms with van der Waals surface area (Å²) >= 11 is 0. The summed E-state index contributed by atoms with van der Waals surface area (Å²) in [6.07, 6.45) is 0. The number of hydrogen-bond donors (Lipinski definition) is 3. The van der Waals surface area contributed by atoms with Crippen LogP contribution in [0.3, 0.4) is 0 Å². The Kier molecular flexibility index (Phi) is 2.15. The van der Waals surface area contributed by atoms with Crippen molar-refractivity contribution in [2.45, 2.75) is 25.4 Å². The predicted molar refractivity (Wildman–Crippen MR) is 41.5 cm³/mol. The van der Waals surface area contributed by atoms with E-state index in [2.05, 4.69) is 10.6 Å². The van der Waals surface area contributed by atoms with Crippen molar-refractivity contribution in [3.63, 3.8) is 0 Å². The van der Waals surface area contributed by atoms with Crippen molar-refractivity contribution in [1.82, 2.24) is 10.6 Å². The molecule has 1 aliphatic heterocycles. The molecular weight excluding hydrogens is 144 g/mol. The van der Waals surface area contributed by atoms with Crippen LogP contribution in [0.1, 0.15) is 13.8 Å². The fourth-order valence-corrected chi connectivity index (χ4v) is 1.24. The maximum absolute atomic E-state index is 10.7. The van der Waals surface area contributed by atoms with Crippen molar-refractivity contribution in [3.8, 4) is 0 Å². The van der Waals surface area contributed by atoms with Crippen LogP contribution in [0.15, 0.2) is 0 Å². The molecule has 64 valence electrons. The van der Waals surface area contributed by atoms with Crippen LogP contribution in [-0.2, 0) is 4.79 Å². The molecule has 4 heteroatoms. The van der Waals surface area contributed by atoms with E-state index in [1.165, 1.54) is 0 Å². The van der Waals surface area contributed by atoms with Gasteiger partial charge in [-0.15, -0.1) is 0 Å². The van der Waals surface area contributed by atoms with Crippen molar-refractivity contribution >= 4 is 5.97 Å². The minimum absolute atomic E-state index is 0.216. The second-order valence-corrected chi connectivity index (χ2v) is 3.29. The SMILES string of the molecule is CC(C)NC1(C(=O)O)CNC1. The third kappa shape index (κ3) is 1.52. The van der Waals surface area contributed by atoms with Gasteiger partial charge >= 0.3 is 5.97 Å². The Labute approximate surface area is 66.0 Å². The van der Waals surface area contributed by atoms with Gasteiger partial charge in [0.25, 0.3) is 0 Å². The Balaban J connectivity index is 2.54. The van der Waals surface area contributed by atoms with E-state index in [4.69, 9.17) is 5.11 Å². The summed E-state index contributed by atoms with van der Waals surface area (Å²) in [7, 11) is 0. The van der Waals surface area contributed by atoms with Gasteiger partial charge in [0.15, 0.2) is 0 Å². The fourth-order valence-electron chi connectivity index (χ4n) is 1.24. The van der Waals surface area contributed by atoms with Crippen molar-refractivity contribution in [3.05, 3.63) is 0 Å².